The van der Waals surface area contributed by atoms with Crippen molar-refractivity contribution in [3.63, 3.8) is 0 Å². The van der Waals surface area contributed by atoms with Crippen molar-refractivity contribution < 1.29 is 9.66 Å². The zero-order chi connectivity index (χ0) is 23.9. The molecule has 0 amide bonds. The molecule has 1 aliphatic rings. The first-order valence-electron chi connectivity index (χ1n) is 10.8. The number of pyridine rings is 1. The molecule has 1 saturated heterocycles. The van der Waals surface area contributed by atoms with E-state index in [1.165, 1.54) is 13.2 Å². The molecule has 172 valence electrons. The van der Waals surface area contributed by atoms with Gasteiger partial charge in [0, 0.05) is 23.6 Å². The number of hydrogen-bond acceptors (Lipinski definition) is 5. The van der Waals surface area contributed by atoms with Gasteiger partial charge in [-0.25, -0.2) is 0 Å². The van der Waals surface area contributed by atoms with Crippen LogP contribution in [0.25, 0.3) is 5.69 Å². The average Bonchev–Trinajstić information content (AvgIpc) is 3.29. The molecule has 1 N–H and O–H groups in total. The van der Waals surface area contributed by atoms with Crippen molar-refractivity contribution in [3.05, 3.63) is 81.4 Å². The van der Waals surface area contributed by atoms with Crippen LogP contribution >= 0.6 is 12.2 Å². The summed E-state index contributed by atoms with van der Waals surface area (Å²) in [6.45, 7) is 8.16. The molecule has 0 aliphatic carbocycles. The molecule has 9 heteroatoms. The van der Waals surface area contributed by atoms with Gasteiger partial charge in [-0.1, -0.05) is 6.07 Å². The number of benzene rings is 1. The summed E-state index contributed by atoms with van der Waals surface area (Å²) in [5.74, 6) is 0.444. The number of aromatic nitrogens is 2. The highest BCUT2D eigenvalue weighted by Crippen LogP contribution is 2.43. The molecular formula is C24H27N5O3S. The van der Waals surface area contributed by atoms with Crippen LogP contribution < -0.4 is 10.1 Å². The molecule has 0 saturated carbocycles. The van der Waals surface area contributed by atoms with Crippen LogP contribution in [0, 0.1) is 24.0 Å². The molecule has 2 atom stereocenters. The third-order valence-corrected chi connectivity index (χ3v) is 6.43. The van der Waals surface area contributed by atoms with Gasteiger partial charge in [0.2, 0.25) is 0 Å². The Balaban J connectivity index is 1.89. The fourth-order valence-corrected chi connectivity index (χ4v) is 5.13. The molecule has 3 aromatic rings. The lowest BCUT2D eigenvalue weighted by Gasteiger charge is -2.31. The highest BCUT2D eigenvalue weighted by molar-refractivity contribution is 7.80. The molecule has 2 aromatic heterocycles. The number of thiocarbonyl (C=S) groups is 1. The standard InChI is InChI=1S/C24H27N5O3S/c1-14(2)27-23(22(26-24(27)33)19-8-6-7-11-25-19)18-12-15(3)28(16(18)4)20-10-9-17(32-5)13-21(20)29(30)31/h6-14,22-23H,1-5H3,(H,26,33). The molecular weight excluding hydrogens is 438 g/mol. The van der Waals surface area contributed by atoms with Gasteiger partial charge >= 0.3 is 0 Å². The van der Waals surface area contributed by atoms with Crippen molar-refractivity contribution >= 4 is 23.0 Å². The second-order valence-corrected chi connectivity index (χ2v) is 8.79. The van der Waals surface area contributed by atoms with E-state index >= 15 is 0 Å². The summed E-state index contributed by atoms with van der Waals surface area (Å²) in [7, 11) is 1.50. The first-order valence-corrected chi connectivity index (χ1v) is 11.2. The van der Waals surface area contributed by atoms with E-state index in [0.29, 0.717) is 16.5 Å². The quantitative estimate of drug-likeness (QED) is 0.318. The average molecular weight is 466 g/mol. The maximum absolute atomic E-state index is 11.9. The van der Waals surface area contributed by atoms with Gasteiger partial charge in [0.05, 0.1) is 35.9 Å². The van der Waals surface area contributed by atoms with Crippen molar-refractivity contribution in [2.75, 3.05) is 7.11 Å². The van der Waals surface area contributed by atoms with E-state index in [9.17, 15) is 10.1 Å². The smallest absolute Gasteiger partial charge is 0.296 e. The maximum atomic E-state index is 11.9. The Morgan fingerprint density at radius 2 is 1.97 bits per heavy atom. The molecule has 0 bridgehead atoms. The van der Waals surface area contributed by atoms with Gasteiger partial charge in [0.15, 0.2) is 5.11 Å². The largest absolute Gasteiger partial charge is 0.496 e. The van der Waals surface area contributed by atoms with Crippen molar-refractivity contribution in [2.24, 2.45) is 0 Å². The molecule has 4 rings (SSSR count). The van der Waals surface area contributed by atoms with Gasteiger partial charge in [-0.15, -0.1) is 0 Å². The lowest BCUT2D eigenvalue weighted by molar-refractivity contribution is -0.384. The predicted octanol–water partition coefficient (Wildman–Crippen LogP) is 4.79. The molecule has 0 spiro atoms. The van der Waals surface area contributed by atoms with Crippen LogP contribution in [0.1, 0.15) is 48.6 Å². The summed E-state index contributed by atoms with van der Waals surface area (Å²) in [6, 6.07) is 12.8. The molecule has 1 fully saturated rings. The van der Waals surface area contributed by atoms with Gasteiger partial charge in [-0.05, 0) is 75.8 Å². The first-order chi connectivity index (χ1) is 15.7. The second kappa shape index (κ2) is 8.82. The van der Waals surface area contributed by atoms with Crippen LogP contribution in [-0.4, -0.2) is 37.6 Å². The molecule has 8 nitrogen and oxygen atoms in total. The number of nitrogens with one attached hydrogen (secondary N) is 1. The zero-order valence-electron chi connectivity index (χ0n) is 19.3. The van der Waals surface area contributed by atoms with Gasteiger partial charge in [-0.2, -0.15) is 0 Å². The summed E-state index contributed by atoms with van der Waals surface area (Å²) in [6.07, 6.45) is 1.78. The Hall–Kier alpha value is -3.46. The summed E-state index contributed by atoms with van der Waals surface area (Å²) in [4.78, 5) is 18.3. The monoisotopic (exact) mass is 465 g/mol. The zero-order valence-corrected chi connectivity index (χ0v) is 20.1. The predicted molar refractivity (Wildman–Crippen MR) is 131 cm³/mol. The summed E-state index contributed by atoms with van der Waals surface area (Å²) >= 11 is 5.71. The maximum Gasteiger partial charge on any atom is 0.296 e. The first kappa shape index (κ1) is 22.7. The van der Waals surface area contributed by atoms with E-state index < -0.39 is 0 Å². The van der Waals surface area contributed by atoms with Crippen molar-refractivity contribution in [2.45, 2.75) is 45.8 Å². The fourth-order valence-electron chi connectivity index (χ4n) is 4.68. The van der Waals surface area contributed by atoms with E-state index in [1.54, 1.807) is 18.3 Å². The summed E-state index contributed by atoms with van der Waals surface area (Å²) in [5.41, 5.74) is 4.26. The van der Waals surface area contributed by atoms with Gasteiger partial charge < -0.3 is 19.5 Å². The van der Waals surface area contributed by atoms with E-state index in [4.69, 9.17) is 17.0 Å². The van der Waals surface area contributed by atoms with E-state index in [1.807, 2.05) is 36.6 Å². The van der Waals surface area contributed by atoms with Gasteiger partial charge in [0.1, 0.15) is 11.4 Å². The van der Waals surface area contributed by atoms with Gasteiger partial charge in [-0.3, -0.25) is 15.1 Å². The highest BCUT2D eigenvalue weighted by atomic mass is 32.1. The van der Waals surface area contributed by atoms with Crippen LogP contribution in [0.15, 0.2) is 48.7 Å². The van der Waals surface area contributed by atoms with E-state index in [0.717, 1.165) is 22.6 Å². The fraction of sp³-hybridized carbons (Fsp3) is 0.333. The van der Waals surface area contributed by atoms with Crippen molar-refractivity contribution in [1.29, 1.82) is 0 Å². The second-order valence-electron chi connectivity index (χ2n) is 8.40. The third-order valence-electron chi connectivity index (χ3n) is 6.10. The third kappa shape index (κ3) is 3.93. The van der Waals surface area contributed by atoms with Crippen LogP contribution in [0.3, 0.4) is 0 Å². The lowest BCUT2D eigenvalue weighted by Crippen LogP contribution is -2.35. The van der Waals surface area contributed by atoms with Crippen LogP contribution in [-0.2, 0) is 0 Å². The Morgan fingerprint density at radius 3 is 2.58 bits per heavy atom. The Morgan fingerprint density at radius 1 is 1.21 bits per heavy atom. The van der Waals surface area contributed by atoms with Crippen LogP contribution in [0.2, 0.25) is 0 Å². The number of nitrogens with zero attached hydrogens (tertiary/aromatic N) is 4. The molecule has 0 radical (unpaired) electrons. The summed E-state index contributed by atoms with van der Waals surface area (Å²) < 4.78 is 7.14. The number of methoxy groups -OCH3 is 1. The Bertz CT molecular complexity index is 1210. The number of ether oxygens (including phenoxy) is 1. The molecule has 1 aliphatic heterocycles. The Kier molecular flexibility index (Phi) is 6.07. The van der Waals surface area contributed by atoms with Gasteiger partial charge in [0.25, 0.3) is 5.69 Å². The van der Waals surface area contributed by atoms with Crippen molar-refractivity contribution in [3.8, 4) is 11.4 Å². The van der Waals surface area contributed by atoms with E-state index in [-0.39, 0.29) is 28.7 Å². The normalized spacial score (nSPS) is 18.0. The number of nitro groups is 1. The number of aryl methyl sites for hydroxylation is 1. The minimum atomic E-state index is -0.375. The molecule has 3 heterocycles. The summed E-state index contributed by atoms with van der Waals surface area (Å²) in [5, 5.41) is 16.0. The SMILES string of the molecule is COc1ccc(-n2c(C)cc(C3C(c4ccccn4)NC(=S)N3C(C)C)c2C)c([N+](=O)[O-])c1. The lowest BCUT2D eigenvalue weighted by atomic mass is 9.96. The number of rotatable bonds is 6. The number of nitro benzene ring substituents is 1. The van der Waals surface area contributed by atoms with Crippen LogP contribution in [0.4, 0.5) is 5.69 Å². The molecule has 1 aromatic carbocycles. The van der Waals surface area contributed by atoms with Crippen molar-refractivity contribution in [1.82, 2.24) is 19.8 Å². The van der Waals surface area contributed by atoms with Crippen LogP contribution in [0.5, 0.6) is 5.75 Å². The highest BCUT2D eigenvalue weighted by Gasteiger charge is 2.42. The molecule has 2 unspecified atom stereocenters. The topological polar surface area (TPSA) is 85.5 Å². The van der Waals surface area contributed by atoms with E-state index in [2.05, 4.69) is 35.1 Å². The Labute approximate surface area is 198 Å². The minimum absolute atomic E-state index is 0.00948. The minimum Gasteiger partial charge on any atom is -0.496 e. The number of hydrogen-bond donors (Lipinski definition) is 1. The molecule has 33 heavy (non-hydrogen) atoms.